The lowest BCUT2D eigenvalue weighted by Gasteiger charge is -2.34. The molecule has 0 aliphatic carbocycles. The highest BCUT2D eigenvalue weighted by Gasteiger charge is 2.34. The molecule has 12 heteroatoms. The highest BCUT2D eigenvalue weighted by molar-refractivity contribution is 7.92. The van der Waals surface area contributed by atoms with E-state index in [1.54, 1.807) is 37.3 Å². The van der Waals surface area contributed by atoms with E-state index >= 15 is 0 Å². The van der Waals surface area contributed by atoms with Crippen LogP contribution in [0.15, 0.2) is 59.5 Å². The second kappa shape index (κ2) is 14.1. The maximum Gasteiger partial charge on any atom is 0.264 e. The van der Waals surface area contributed by atoms with Crippen molar-refractivity contribution >= 4 is 50.7 Å². The van der Waals surface area contributed by atoms with Gasteiger partial charge in [0.15, 0.2) is 11.5 Å². The van der Waals surface area contributed by atoms with Crippen LogP contribution in [0.25, 0.3) is 0 Å². The van der Waals surface area contributed by atoms with Gasteiger partial charge >= 0.3 is 0 Å². The fourth-order valence-corrected chi connectivity index (χ4v) is 6.57. The molecule has 1 unspecified atom stereocenters. The Kier molecular flexibility index (Phi) is 11.2. The van der Waals surface area contributed by atoms with Crippen LogP contribution in [-0.4, -0.2) is 57.5 Å². The minimum Gasteiger partial charge on any atom is -0.493 e. The first kappa shape index (κ1) is 35.0. The number of amides is 2. The summed E-state index contributed by atoms with van der Waals surface area (Å²) in [6.07, 6.45) is 0. The molecule has 0 heterocycles. The van der Waals surface area contributed by atoms with Gasteiger partial charge in [0.2, 0.25) is 11.8 Å². The van der Waals surface area contributed by atoms with Crippen molar-refractivity contribution in [2.24, 2.45) is 0 Å². The van der Waals surface area contributed by atoms with Gasteiger partial charge in [0, 0.05) is 33.8 Å². The molecule has 2 amide bonds. The number of nitrogens with zero attached hydrogens (tertiary/aromatic N) is 2. The van der Waals surface area contributed by atoms with E-state index in [9.17, 15) is 18.0 Å². The minimum absolute atomic E-state index is 0.110. The molecule has 0 radical (unpaired) electrons. The van der Waals surface area contributed by atoms with Crippen molar-refractivity contribution < 1.29 is 27.5 Å². The SMILES string of the molecule is COc1ccc(S(=O)(=O)N(CC(=O)N(Cc2c(Cl)cccc2Cl)C(C)C(=O)NC(C)(C)C)c2cc(C)cc(C)c2)cc1OC. The Morgan fingerprint density at radius 1 is 0.909 bits per heavy atom. The Balaban J connectivity index is 2.15. The molecule has 0 aliphatic rings. The summed E-state index contributed by atoms with van der Waals surface area (Å²) in [5.74, 6) is -0.500. The molecule has 44 heavy (non-hydrogen) atoms. The first-order chi connectivity index (χ1) is 20.5. The third-order valence-corrected chi connectivity index (χ3v) is 9.25. The van der Waals surface area contributed by atoms with Crippen molar-refractivity contribution in [2.75, 3.05) is 25.1 Å². The maximum absolute atomic E-state index is 14.3. The molecule has 0 spiro atoms. The molecule has 1 N–H and O–H groups in total. The van der Waals surface area contributed by atoms with E-state index in [-0.39, 0.29) is 22.9 Å². The third-order valence-electron chi connectivity index (χ3n) is 6.77. The first-order valence-corrected chi connectivity index (χ1v) is 16.1. The van der Waals surface area contributed by atoms with Gasteiger partial charge in [-0.3, -0.25) is 13.9 Å². The largest absolute Gasteiger partial charge is 0.493 e. The van der Waals surface area contributed by atoms with Gasteiger partial charge in [-0.05, 0) is 89.1 Å². The topological polar surface area (TPSA) is 105 Å². The Morgan fingerprint density at radius 3 is 2.00 bits per heavy atom. The lowest BCUT2D eigenvalue weighted by atomic mass is 10.1. The number of ether oxygens (including phenoxy) is 2. The van der Waals surface area contributed by atoms with Crippen molar-refractivity contribution in [1.29, 1.82) is 0 Å². The molecule has 1 atom stereocenters. The number of anilines is 1. The predicted molar refractivity (Wildman–Crippen MR) is 174 cm³/mol. The van der Waals surface area contributed by atoms with Gasteiger partial charge < -0.3 is 19.7 Å². The van der Waals surface area contributed by atoms with E-state index < -0.39 is 40.0 Å². The quantitative estimate of drug-likeness (QED) is 0.264. The van der Waals surface area contributed by atoms with Crippen molar-refractivity contribution in [1.82, 2.24) is 10.2 Å². The number of rotatable bonds is 11. The number of carbonyl (C=O) groups is 2. The fourth-order valence-electron chi connectivity index (χ4n) is 4.64. The number of nitrogens with one attached hydrogen (secondary N) is 1. The Bertz CT molecular complexity index is 1600. The molecule has 238 valence electrons. The summed E-state index contributed by atoms with van der Waals surface area (Å²) in [7, 11) is -1.49. The summed E-state index contributed by atoms with van der Waals surface area (Å²) in [5, 5.41) is 3.51. The summed E-state index contributed by atoms with van der Waals surface area (Å²) in [6, 6.07) is 13.4. The van der Waals surface area contributed by atoms with Crippen LogP contribution >= 0.6 is 23.2 Å². The molecule has 3 aromatic rings. The lowest BCUT2D eigenvalue weighted by Crippen LogP contribution is -2.54. The normalized spacial score (nSPS) is 12.3. The fraction of sp³-hybridized carbons (Fsp3) is 0.375. The predicted octanol–water partition coefficient (Wildman–Crippen LogP) is 6.15. The molecule has 3 rings (SSSR count). The summed E-state index contributed by atoms with van der Waals surface area (Å²) >= 11 is 12.9. The number of hydrogen-bond acceptors (Lipinski definition) is 6. The van der Waals surface area contributed by atoms with E-state index in [2.05, 4.69) is 5.32 Å². The van der Waals surface area contributed by atoms with E-state index in [4.69, 9.17) is 32.7 Å². The smallest absolute Gasteiger partial charge is 0.264 e. The highest BCUT2D eigenvalue weighted by atomic mass is 35.5. The van der Waals surface area contributed by atoms with Gasteiger partial charge in [0.1, 0.15) is 12.6 Å². The van der Waals surface area contributed by atoms with Crippen LogP contribution in [0.2, 0.25) is 10.0 Å². The standard InChI is InChI=1S/C32H39Cl2N3O6S/c1-20-14-21(2)16-23(15-20)37(44(40,41)24-12-13-28(42-7)29(17-24)43-8)19-30(38)36(22(3)31(39)35-32(4,5)6)18-25-26(33)10-9-11-27(25)34/h9-17,22H,18-19H2,1-8H3,(H,35,39). The molecule has 3 aromatic carbocycles. The van der Waals surface area contributed by atoms with E-state index in [0.717, 1.165) is 15.4 Å². The van der Waals surface area contributed by atoms with Crippen LogP contribution in [0.1, 0.15) is 44.4 Å². The number of hydrogen-bond donors (Lipinski definition) is 1. The minimum atomic E-state index is -4.34. The lowest BCUT2D eigenvalue weighted by molar-refractivity contribution is -0.140. The highest BCUT2D eigenvalue weighted by Crippen LogP contribution is 2.33. The molecule has 0 bridgehead atoms. The third kappa shape index (κ3) is 8.37. The number of methoxy groups -OCH3 is 2. The van der Waals surface area contributed by atoms with Crippen LogP contribution in [0.5, 0.6) is 11.5 Å². The van der Waals surface area contributed by atoms with Crippen LogP contribution in [0, 0.1) is 13.8 Å². The summed E-state index contributed by atoms with van der Waals surface area (Å²) in [4.78, 5) is 28.8. The summed E-state index contributed by atoms with van der Waals surface area (Å²) in [5.41, 5.74) is 1.74. The second-order valence-electron chi connectivity index (χ2n) is 11.5. The summed E-state index contributed by atoms with van der Waals surface area (Å²) < 4.78 is 40.2. The van der Waals surface area contributed by atoms with Crippen molar-refractivity contribution in [3.05, 3.63) is 81.3 Å². The van der Waals surface area contributed by atoms with Crippen LogP contribution in [0.3, 0.4) is 0 Å². The first-order valence-electron chi connectivity index (χ1n) is 13.9. The van der Waals surface area contributed by atoms with E-state index in [1.165, 1.54) is 37.3 Å². The maximum atomic E-state index is 14.3. The van der Waals surface area contributed by atoms with Gasteiger partial charge in [-0.25, -0.2) is 8.42 Å². The number of halogens is 2. The van der Waals surface area contributed by atoms with Gasteiger partial charge in [-0.1, -0.05) is 35.3 Å². The number of aryl methyl sites for hydroxylation is 2. The zero-order valence-corrected chi connectivity index (χ0v) is 28.5. The van der Waals surface area contributed by atoms with Crippen LogP contribution in [-0.2, 0) is 26.2 Å². The molecule has 9 nitrogen and oxygen atoms in total. The van der Waals surface area contributed by atoms with E-state index in [1.807, 2.05) is 40.7 Å². The molecular weight excluding hydrogens is 625 g/mol. The Hall–Kier alpha value is -3.47. The number of carbonyl (C=O) groups excluding carboxylic acids is 2. The van der Waals surface area contributed by atoms with Crippen LogP contribution < -0.4 is 19.1 Å². The summed E-state index contributed by atoms with van der Waals surface area (Å²) in [6.45, 7) is 9.98. The van der Waals surface area contributed by atoms with Crippen molar-refractivity contribution in [2.45, 2.75) is 64.6 Å². The van der Waals surface area contributed by atoms with Gasteiger partial charge in [-0.2, -0.15) is 0 Å². The van der Waals surface area contributed by atoms with Gasteiger partial charge in [0.05, 0.1) is 24.8 Å². The zero-order chi connectivity index (χ0) is 33.0. The van der Waals surface area contributed by atoms with E-state index in [0.29, 0.717) is 21.4 Å². The average Bonchev–Trinajstić information content (AvgIpc) is 2.93. The molecule has 0 aliphatic heterocycles. The molecule has 0 saturated carbocycles. The molecular formula is C32H39Cl2N3O6S. The molecule has 0 fully saturated rings. The molecule has 0 aromatic heterocycles. The molecule has 0 saturated heterocycles. The number of benzene rings is 3. The van der Waals surface area contributed by atoms with Crippen molar-refractivity contribution in [3.63, 3.8) is 0 Å². The Morgan fingerprint density at radius 2 is 1.48 bits per heavy atom. The Labute approximate surface area is 270 Å². The zero-order valence-electron chi connectivity index (χ0n) is 26.2. The second-order valence-corrected chi connectivity index (χ2v) is 14.2. The monoisotopic (exact) mass is 663 g/mol. The number of sulfonamides is 1. The van der Waals surface area contributed by atoms with Crippen molar-refractivity contribution in [3.8, 4) is 11.5 Å². The average molecular weight is 665 g/mol. The van der Waals surface area contributed by atoms with Crippen LogP contribution in [0.4, 0.5) is 5.69 Å². The van der Waals surface area contributed by atoms with Gasteiger partial charge in [0.25, 0.3) is 10.0 Å². The van der Waals surface area contributed by atoms with Gasteiger partial charge in [-0.15, -0.1) is 0 Å².